The van der Waals surface area contributed by atoms with Crippen LogP contribution in [-0.2, 0) is 0 Å². The van der Waals surface area contributed by atoms with Gasteiger partial charge in [-0.25, -0.2) is 4.98 Å². The number of aromatic nitrogens is 1. The van der Waals surface area contributed by atoms with Crippen LogP contribution in [0.5, 0.6) is 0 Å². The van der Waals surface area contributed by atoms with Gasteiger partial charge in [0, 0.05) is 18.0 Å². The largest absolute Gasteiger partial charge is 0.440 e. The minimum Gasteiger partial charge on any atom is -0.440 e. The number of rotatable bonds is 3. The lowest BCUT2D eigenvalue weighted by Crippen LogP contribution is -2.45. The first-order valence-electron chi connectivity index (χ1n) is 8.21. The normalized spacial score (nSPS) is 24.0. The molecule has 0 bridgehead atoms. The monoisotopic (exact) mass is 286 g/mol. The first-order chi connectivity index (χ1) is 10.1. The van der Waals surface area contributed by atoms with Crippen LogP contribution in [0.1, 0.15) is 57.4 Å². The van der Waals surface area contributed by atoms with Crippen molar-refractivity contribution in [3.63, 3.8) is 0 Å². The summed E-state index contributed by atoms with van der Waals surface area (Å²) in [5.74, 6) is 1.41. The molecule has 1 aromatic carbocycles. The second-order valence-electron chi connectivity index (χ2n) is 6.64. The lowest BCUT2D eigenvalue weighted by molar-refractivity contribution is 0.0919. The van der Waals surface area contributed by atoms with Gasteiger partial charge in [0.2, 0.25) is 0 Å². The Labute approximate surface area is 127 Å². The van der Waals surface area contributed by atoms with Crippen LogP contribution in [0.2, 0.25) is 0 Å². The first-order valence-corrected chi connectivity index (χ1v) is 8.21. The molecule has 114 valence electrons. The minimum atomic E-state index is 0.470. The summed E-state index contributed by atoms with van der Waals surface area (Å²) in [6.45, 7) is 10.1. The first kappa shape index (κ1) is 14.6. The van der Waals surface area contributed by atoms with Crippen LogP contribution in [0, 0.1) is 6.92 Å². The van der Waals surface area contributed by atoms with Crippen LogP contribution in [-0.4, -0.2) is 28.5 Å². The third kappa shape index (κ3) is 2.84. The van der Waals surface area contributed by atoms with Crippen molar-refractivity contribution in [1.82, 2.24) is 9.88 Å². The van der Waals surface area contributed by atoms with Crippen molar-refractivity contribution < 1.29 is 4.42 Å². The summed E-state index contributed by atoms with van der Waals surface area (Å²) >= 11 is 0. The average molecular weight is 286 g/mol. The van der Waals surface area contributed by atoms with Gasteiger partial charge >= 0.3 is 0 Å². The van der Waals surface area contributed by atoms with Gasteiger partial charge in [0.25, 0.3) is 0 Å². The number of oxazole rings is 1. The van der Waals surface area contributed by atoms with Gasteiger partial charge in [0.15, 0.2) is 11.5 Å². The van der Waals surface area contributed by atoms with Crippen LogP contribution in [0.4, 0.5) is 0 Å². The number of benzene rings is 1. The Morgan fingerprint density at radius 3 is 2.90 bits per heavy atom. The molecule has 21 heavy (non-hydrogen) atoms. The molecule has 3 heteroatoms. The fourth-order valence-electron chi connectivity index (χ4n) is 3.60. The molecule has 1 saturated heterocycles. The molecule has 1 aliphatic rings. The summed E-state index contributed by atoms with van der Waals surface area (Å²) in [7, 11) is 0. The van der Waals surface area contributed by atoms with Crippen LogP contribution in [0.25, 0.3) is 11.1 Å². The van der Waals surface area contributed by atoms with E-state index in [1.807, 2.05) is 6.07 Å². The highest BCUT2D eigenvalue weighted by molar-refractivity contribution is 5.73. The molecule has 0 N–H and O–H groups in total. The predicted octanol–water partition coefficient (Wildman–Crippen LogP) is 4.50. The number of piperidine rings is 1. The molecule has 3 nitrogen and oxygen atoms in total. The van der Waals surface area contributed by atoms with E-state index in [0.29, 0.717) is 18.0 Å². The molecule has 0 radical (unpaired) electrons. The van der Waals surface area contributed by atoms with E-state index in [1.54, 1.807) is 0 Å². The number of hydrogen-bond donors (Lipinski definition) is 0. The zero-order valence-corrected chi connectivity index (χ0v) is 13.6. The summed E-state index contributed by atoms with van der Waals surface area (Å²) in [6.07, 6.45) is 3.52. The van der Waals surface area contributed by atoms with E-state index >= 15 is 0 Å². The van der Waals surface area contributed by atoms with Crippen molar-refractivity contribution in [1.29, 1.82) is 0 Å². The van der Waals surface area contributed by atoms with Crippen molar-refractivity contribution in [3.05, 3.63) is 29.7 Å². The Kier molecular flexibility index (Phi) is 4.03. The van der Waals surface area contributed by atoms with Gasteiger partial charge < -0.3 is 4.42 Å². The lowest BCUT2D eigenvalue weighted by Gasteiger charge is -2.40. The summed E-state index contributed by atoms with van der Waals surface area (Å²) in [5, 5.41) is 0. The van der Waals surface area contributed by atoms with Gasteiger partial charge in [-0.1, -0.05) is 13.0 Å². The van der Waals surface area contributed by atoms with Crippen LogP contribution in [0.15, 0.2) is 22.6 Å². The van der Waals surface area contributed by atoms with E-state index in [2.05, 4.69) is 44.7 Å². The quantitative estimate of drug-likeness (QED) is 0.831. The van der Waals surface area contributed by atoms with E-state index < -0.39 is 0 Å². The van der Waals surface area contributed by atoms with E-state index in [-0.39, 0.29) is 0 Å². The molecule has 0 saturated carbocycles. The molecule has 0 aliphatic carbocycles. The molecule has 1 aromatic heterocycles. The topological polar surface area (TPSA) is 29.3 Å². The van der Waals surface area contributed by atoms with Crippen molar-refractivity contribution in [2.24, 2.45) is 0 Å². The zero-order valence-electron chi connectivity index (χ0n) is 13.6. The molecule has 2 heterocycles. The standard InChI is InChI=1S/C18H26N2O/c1-5-15-11-14(8-9-20(15)12(2)3)18-19-16-10-13(4)6-7-17(16)21-18/h6-7,10,12,14-15H,5,8-9,11H2,1-4H3/t14-,15-/m1/s1. The lowest BCUT2D eigenvalue weighted by atomic mass is 9.88. The van der Waals surface area contributed by atoms with E-state index in [0.717, 1.165) is 30.0 Å². The highest BCUT2D eigenvalue weighted by Gasteiger charge is 2.31. The summed E-state index contributed by atoms with van der Waals surface area (Å²) in [5.41, 5.74) is 3.17. The maximum Gasteiger partial charge on any atom is 0.198 e. The molecule has 0 amide bonds. The van der Waals surface area contributed by atoms with Crippen molar-refractivity contribution in [3.8, 4) is 0 Å². The number of fused-ring (bicyclic) bond motifs is 1. The summed E-state index contributed by atoms with van der Waals surface area (Å²) in [4.78, 5) is 7.38. The highest BCUT2D eigenvalue weighted by Crippen LogP contribution is 2.34. The summed E-state index contributed by atoms with van der Waals surface area (Å²) < 4.78 is 6.02. The van der Waals surface area contributed by atoms with E-state index in [9.17, 15) is 0 Å². The molecule has 1 aliphatic heterocycles. The Balaban J connectivity index is 1.83. The Bertz CT molecular complexity index is 617. The molecule has 2 atom stereocenters. The third-order valence-corrected chi connectivity index (χ3v) is 4.80. The van der Waals surface area contributed by atoms with Gasteiger partial charge in [-0.05, 0) is 64.3 Å². The SMILES string of the molecule is CC[C@@H]1C[C@H](c2nc3cc(C)ccc3o2)CCN1C(C)C. The molecule has 0 unspecified atom stereocenters. The second-order valence-corrected chi connectivity index (χ2v) is 6.64. The fraction of sp³-hybridized carbons (Fsp3) is 0.611. The number of nitrogens with zero attached hydrogens (tertiary/aromatic N) is 2. The molecule has 3 rings (SSSR count). The highest BCUT2D eigenvalue weighted by atomic mass is 16.3. The minimum absolute atomic E-state index is 0.470. The molecular weight excluding hydrogens is 260 g/mol. The number of aryl methyl sites for hydroxylation is 1. The summed E-state index contributed by atoms with van der Waals surface area (Å²) in [6, 6.07) is 7.53. The second kappa shape index (κ2) is 5.80. The molecule has 0 spiro atoms. The van der Waals surface area contributed by atoms with Gasteiger partial charge in [0.1, 0.15) is 5.52 Å². The average Bonchev–Trinajstić information content (AvgIpc) is 2.89. The predicted molar refractivity (Wildman–Crippen MR) is 86.6 cm³/mol. The van der Waals surface area contributed by atoms with Crippen molar-refractivity contribution in [2.45, 2.75) is 65.0 Å². The van der Waals surface area contributed by atoms with Gasteiger partial charge in [0.05, 0.1) is 0 Å². The third-order valence-electron chi connectivity index (χ3n) is 4.80. The van der Waals surface area contributed by atoms with Gasteiger partial charge in [-0.15, -0.1) is 0 Å². The molecule has 1 fully saturated rings. The smallest absolute Gasteiger partial charge is 0.198 e. The van der Waals surface area contributed by atoms with E-state index in [1.165, 1.54) is 18.4 Å². The van der Waals surface area contributed by atoms with E-state index in [4.69, 9.17) is 9.40 Å². The maximum atomic E-state index is 6.02. The zero-order chi connectivity index (χ0) is 15.0. The van der Waals surface area contributed by atoms with Gasteiger partial charge in [-0.2, -0.15) is 0 Å². The number of hydrogen-bond acceptors (Lipinski definition) is 3. The molecular formula is C18H26N2O. The Morgan fingerprint density at radius 1 is 1.38 bits per heavy atom. The van der Waals surface area contributed by atoms with Crippen molar-refractivity contribution >= 4 is 11.1 Å². The van der Waals surface area contributed by atoms with Gasteiger partial charge in [-0.3, -0.25) is 4.90 Å². The maximum absolute atomic E-state index is 6.02. The van der Waals surface area contributed by atoms with Crippen molar-refractivity contribution in [2.75, 3.05) is 6.54 Å². The number of likely N-dealkylation sites (tertiary alicyclic amines) is 1. The Hall–Kier alpha value is -1.35. The van der Waals surface area contributed by atoms with Crippen LogP contribution < -0.4 is 0 Å². The fourth-order valence-corrected chi connectivity index (χ4v) is 3.60. The van der Waals surface area contributed by atoms with Crippen LogP contribution in [0.3, 0.4) is 0 Å². The molecule has 2 aromatic rings. The van der Waals surface area contributed by atoms with Crippen LogP contribution >= 0.6 is 0 Å². The Morgan fingerprint density at radius 2 is 2.19 bits per heavy atom.